The van der Waals surface area contributed by atoms with E-state index in [0.29, 0.717) is 43.4 Å². The molecule has 1 amide bonds. The lowest BCUT2D eigenvalue weighted by Crippen LogP contribution is -2.49. The van der Waals surface area contributed by atoms with Crippen molar-refractivity contribution in [3.8, 4) is 11.5 Å². The number of aliphatic imine (C=N–C) groups is 1. The van der Waals surface area contributed by atoms with Gasteiger partial charge in [0.25, 0.3) is 5.91 Å². The lowest BCUT2D eigenvalue weighted by Gasteiger charge is -2.31. The highest BCUT2D eigenvalue weighted by molar-refractivity contribution is 9.10. The fraction of sp³-hybridized carbons (Fsp3) is 0.257. The van der Waals surface area contributed by atoms with Crippen molar-refractivity contribution >= 4 is 27.7 Å². The van der Waals surface area contributed by atoms with Gasteiger partial charge in [0.05, 0.1) is 13.7 Å². The molecule has 0 radical (unpaired) electrons. The van der Waals surface area contributed by atoms with Gasteiger partial charge in [0, 0.05) is 36.0 Å². The molecule has 4 aromatic carbocycles. The van der Waals surface area contributed by atoms with Crippen LogP contribution in [0.2, 0.25) is 0 Å². The summed E-state index contributed by atoms with van der Waals surface area (Å²) in [6.45, 7) is 2.88. The van der Waals surface area contributed by atoms with Crippen molar-refractivity contribution in [2.24, 2.45) is 4.99 Å². The Balaban J connectivity index is 1.56. The molecule has 0 aromatic heterocycles. The number of carbonyl (C=O) groups excluding carboxylic acids is 1. The molecular weight excluding hydrogens is 608 g/mol. The van der Waals surface area contributed by atoms with Gasteiger partial charge in [-0.15, -0.1) is 0 Å². The largest absolute Gasteiger partial charge is 0.497 e. The van der Waals surface area contributed by atoms with E-state index in [0.717, 1.165) is 32.3 Å². The zero-order valence-corrected chi connectivity index (χ0v) is 25.8. The molecule has 222 valence electrons. The molecule has 1 heterocycles. The van der Waals surface area contributed by atoms with E-state index in [1.54, 1.807) is 7.11 Å². The first kappa shape index (κ1) is 30.3. The number of ether oxygens (including phenoxy) is 3. The number of hydrogen-bond donors (Lipinski definition) is 2. The summed E-state index contributed by atoms with van der Waals surface area (Å²) >= 11 is 3.52. The summed E-state index contributed by atoms with van der Waals surface area (Å²) in [6, 6.07) is 31.0. The van der Waals surface area contributed by atoms with Crippen LogP contribution in [0.4, 0.5) is 0 Å². The maximum Gasteiger partial charge on any atom is 0.252 e. The molecular formula is C35H35BrN2O5. The van der Waals surface area contributed by atoms with Crippen molar-refractivity contribution in [1.82, 2.24) is 5.32 Å². The predicted octanol–water partition coefficient (Wildman–Crippen LogP) is 6.34. The van der Waals surface area contributed by atoms with Gasteiger partial charge in [-0.25, -0.2) is 4.99 Å². The fourth-order valence-corrected chi connectivity index (χ4v) is 5.42. The highest BCUT2D eigenvalue weighted by Gasteiger charge is 2.53. The summed E-state index contributed by atoms with van der Waals surface area (Å²) in [4.78, 5) is 19.5. The number of nitrogens with one attached hydrogen (secondary N) is 1. The van der Waals surface area contributed by atoms with Crippen molar-refractivity contribution in [2.45, 2.75) is 38.0 Å². The van der Waals surface area contributed by atoms with Crippen molar-refractivity contribution in [1.29, 1.82) is 0 Å². The van der Waals surface area contributed by atoms with Crippen LogP contribution in [-0.2, 0) is 22.5 Å². The number of amides is 1. The lowest BCUT2D eigenvalue weighted by molar-refractivity contribution is -0.129. The summed E-state index contributed by atoms with van der Waals surface area (Å²) < 4.78 is 18.8. The first-order valence-electron chi connectivity index (χ1n) is 14.2. The summed E-state index contributed by atoms with van der Waals surface area (Å²) in [6.07, 6.45) is 0.142. The third-order valence-corrected chi connectivity index (χ3v) is 7.88. The number of carbonyl (C=O) groups is 1. The summed E-state index contributed by atoms with van der Waals surface area (Å²) in [5.74, 6) is 1.48. The molecule has 2 N–H and O–H groups in total. The van der Waals surface area contributed by atoms with E-state index in [1.165, 1.54) is 0 Å². The smallest absolute Gasteiger partial charge is 0.252 e. The number of aryl methyl sites for hydroxylation is 1. The second kappa shape index (κ2) is 13.9. The first-order chi connectivity index (χ1) is 20.9. The molecule has 43 heavy (non-hydrogen) atoms. The zero-order valence-electron chi connectivity index (χ0n) is 24.3. The number of hydrogen-bond acceptors (Lipinski definition) is 6. The van der Waals surface area contributed by atoms with Crippen LogP contribution in [0.3, 0.4) is 0 Å². The Hall–Kier alpha value is -4.14. The third-order valence-electron chi connectivity index (χ3n) is 7.35. The second-order valence-corrected chi connectivity index (χ2v) is 11.5. The molecule has 5 rings (SSSR count). The van der Waals surface area contributed by atoms with Gasteiger partial charge in [-0.1, -0.05) is 70.0 Å². The minimum absolute atomic E-state index is 0.0702. The lowest BCUT2D eigenvalue weighted by atomic mass is 9.82. The average Bonchev–Trinajstić information content (AvgIpc) is 3.42. The Morgan fingerprint density at radius 3 is 2.47 bits per heavy atom. The Morgan fingerprint density at radius 2 is 1.74 bits per heavy atom. The summed E-state index contributed by atoms with van der Waals surface area (Å²) in [5.41, 5.74) is 3.28. The van der Waals surface area contributed by atoms with Gasteiger partial charge in [-0.2, -0.15) is 0 Å². The SMILES string of the molecule is COc1cccc([C@H]2OC(c3ccc(OCCCO)cc3)=N[C@@]2(Cc2ccc(Br)cc2)C(=O)NCc2cccc(C)c2)c1. The topological polar surface area (TPSA) is 89.4 Å². The number of halogens is 1. The van der Waals surface area contributed by atoms with E-state index in [1.807, 2.05) is 97.9 Å². The van der Waals surface area contributed by atoms with Crippen molar-refractivity contribution in [3.05, 3.63) is 129 Å². The quantitative estimate of drug-likeness (QED) is 0.176. The molecule has 0 saturated heterocycles. The van der Waals surface area contributed by atoms with Crippen LogP contribution in [0, 0.1) is 6.92 Å². The highest BCUT2D eigenvalue weighted by Crippen LogP contribution is 2.43. The Bertz CT molecular complexity index is 1570. The van der Waals surface area contributed by atoms with Crippen LogP contribution in [0.1, 0.15) is 40.3 Å². The first-order valence-corrected chi connectivity index (χ1v) is 15.0. The van der Waals surface area contributed by atoms with Gasteiger partial charge in [-0.05, 0) is 72.1 Å². The van der Waals surface area contributed by atoms with E-state index in [9.17, 15) is 4.79 Å². The van der Waals surface area contributed by atoms with Gasteiger partial charge in [0.2, 0.25) is 5.90 Å². The molecule has 1 aliphatic heterocycles. The fourth-order valence-electron chi connectivity index (χ4n) is 5.16. The van der Waals surface area contributed by atoms with Crippen LogP contribution in [0.25, 0.3) is 0 Å². The molecule has 0 aliphatic carbocycles. The van der Waals surface area contributed by atoms with Crippen LogP contribution in [0.15, 0.2) is 107 Å². The second-order valence-electron chi connectivity index (χ2n) is 10.5. The number of nitrogens with zero attached hydrogens (tertiary/aromatic N) is 1. The molecule has 4 aromatic rings. The van der Waals surface area contributed by atoms with Gasteiger partial charge in [0.1, 0.15) is 11.5 Å². The van der Waals surface area contributed by atoms with Gasteiger partial charge < -0.3 is 24.6 Å². The molecule has 7 nitrogen and oxygen atoms in total. The third kappa shape index (κ3) is 7.27. The Morgan fingerprint density at radius 1 is 0.977 bits per heavy atom. The van der Waals surface area contributed by atoms with Gasteiger partial charge in [-0.3, -0.25) is 4.79 Å². The minimum atomic E-state index is -1.31. The monoisotopic (exact) mass is 642 g/mol. The molecule has 2 atom stereocenters. The van der Waals surface area contributed by atoms with E-state index in [4.69, 9.17) is 24.3 Å². The van der Waals surface area contributed by atoms with Crippen LogP contribution in [-0.4, -0.2) is 42.8 Å². The normalized spacial score (nSPS) is 17.6. The standard InChI is InChI=1S/C35H35BrN2O5/c1-24-6-3-7-26(20-24)23-37-34(40)35(22-25-10-14-29(36)15-11-25)32(28-8-4-9-31(21-28)41-2)43-33(38-35)27-12-16-30(17-13-27)42-19-5-18-39/h3-4,6-17,20-21,32,39H,5,18-19,22-23H2,1-2H3,(H,37,40)/t32-,35-/m1/s1. The van der Waals surface area contributed by atoms with Crippen molar-refractivity contribution < 1.29 is 24.1 Å². The number of methoxy groups -OCH3 is 1. The molecule has 0 fully saturated rings. The number of aliphatic hydroxyl groups is 1. The van der Waals surface area contributed by atoms with Crippen LogP contribution in [0.5, 0.6) is 11.5 Å². The molecule has 8 heteroatoms. The predicted molar refractivity (Wildman–Crippen MR) is 171 cm³/mol. The van der Waals surface area contributed by atoms with Crippen molar-refractivity contribution in [3.63, 3.8) is 0 Å². The summed E-state index contributed by atoms with van der Waals surface area (Å²) in [5, 5.41) is 12.2. The van der Waals surface area contributed by atoms with E-state index in [2.05, 4.69) is 27.3 Å². The molecule has 0 unspecified atom stereocenters. The molecule has 0 spiro atoms. The maximum atomic E-state index is 14.4. The zero-order chi connectivity index (χ0) is 30.2. The molecule has 0 saturated carbocycles. The number of aliphatic hydroxyl groups excluding tert-OH is 1. The number of benzene rings is 4. The van der Waals surface area contributed by atoms with E-state index in [-0.39, 0.29) is 12.5 Å². The minimum Gasteiger partial charge on any atom is -0.497 e. The van der Waals surface area contributed by atoms with Gasteiger partial charge >= 0.3 is 0 Å². The van der Waals surface area contributed by atoms with Crippen molar-refractivity contribution in [2.75, 3.05) is 20.3 Å². The molecule has 0 bridgehead atoms. The highest BCUT2D eigenvalue weighted by atomic mass is 79.9. The van der Waals surface area contributed by atoms with E-state index >= 15 is 0 Å². The van der Waals surface area contributed by atoms with Crippen LogP contribution < -0.4 is 14.8 Å². The van der Waals surface area contributed by atoms with Gasteiger partial charge in [0.15, 0.2) is 11.6 Å². The van der Waals surface area contributed by atoms with E-state index < -0.39 is 11.6 Å². The molecule has 1 aliphatic rings. The Kier molecular flexibility index (Phi) is 9.79. The summed E-state index contributed by atoms with van der Waals surface area (Å²) in [7, 11) is 1.62. The number of rotatable bonds is 12. The Labute approximate surface area is 260 Å². The average molecular weight is 644 g/mol. The maximum absolute atomic E-state index is 14.4. The van der Waals surface area contributed by atoms with Crippen LogP contribution >= 0.6 is 15.9 Å².